The van der Waals surface area contributed by atoms with E-state index in [1.807, 2.05) is 26.0 Å². The third kappa shape index (κ3) is 4.48. The Morgan fingerprint density at radius 1 is 1.21 bits per heavy atom. The standard InChI is InChI=1S/C18H25BrN2OS.ClH/c1-17(2,23-15-5-3-14(19)4-6-15)16(22)21-11-8-18(9-12-21)7-10-20-13-18;/h3-6,20H,7-13H2,1-2H3;1H. The molecule has 1 amide bonds. The van der Waals surface area contributed by atoms with Crippen molar-refractivity contribution >= 4 is 46.0 Å². The molecule has 134 valence electrons. The molecule has 0 bridgehead atoms. The Labute approximate surface area is 163 Å². The highest BCUT2D eigenvalue weighted by Gasteiger charge is 2.41. The fourth-order valence-corrected chi connectivity index (χ4v) is 4.97. The summed E-state index contributed by atoms with van der Waals surface area (Å²) in [5.41, 5.74) is 0.458. The molecule has 0 radical (unpaired) electrons. The molecule has 3 nitrogen and oxygen atoms in total. The maximum Gasteiger partial charge on any atom is 0.238 e. The largest absolute Gasteiger partial charge is 0.341 e. The van der Waals surface area contributed by atoms with Gasteiger partial charge in [-0.1, -0.05) is 15.9 Å². The monoisotopic (exact) mass is 432 g/mol. The maximum absolute atomic E-state index is 13.0. The Hall–Kier alpha value is -0.230. The smallest absolute Gasteiger partial charge is 0.238 e. The van der Waals surface area contributed by atoms with Gasteiger partial charge in [-0.25, -0.2) is 0 Å². The number of hydrogen-bond acceptors (Lipinski definition) is 3. The number of nitrogens with one attached hydrogen (secondary N) is 1. The van der Waals surface area contributed by atoms with Crippen molar-refractivity contribution in [2.45, 2.75) is 42.8 Å². The summed E-state index contributed by atoms with van der Waals surface area (Å²) in [4.78, 5) is 16.2. The number of halogens is 2. The Kier molecular flexibility index (Phi) is 6.68. The van der Waals surface area contributed by atoms with Gasteiger partial charge in [-0.05, 0) is 69.3 Å². The molecule has 1 N–H and O–H groups in total. The van der Waals surface area contributed by atoms with Crippen LogP contribution >= 0.6 is 40.1 Å². The molecule has 0 atom stereocenters. The highest BCUT2D eigenvalue weighted by molar-refractivity contribution is 9.10. The minimum Gasteiger partial charge on any atom is -0.341 e. The normalized spacial score (nSPS) is 20.0. The zero-order chi connectivity index (χ0) is 16.5. The van der Waals surface area contributed by atoms with E-state index in [1.165, 1.54) is 6.42 Å². The number of carbonyl (C=O) groups is 1. The van der Waals surface area contributed by atoms with Crippen LogP contribution in [0.4, 0.5) is 0 Å². The van der Waals surface area contributed by atoms with Crippen LogP contribution in [0.1, 0.15) is 33.1 Å². The SMILES string of the molecule is CC(C)(Sc1ccc(Br)cc1)C(=O)N1CCC2(CCNC2)CC1.Cl. The fraction of sp³-hybridized carbons (Fsp3) is 0.611. The van der Waals surface area contributed by atoms with Crippen LogP contribution in [0.2, 0.25) is 0 Å². The third-order valence-electron chi connectivity index (χ3n) is 5.15. The number of carbonyl (C=O) groups excluding carboxylic acids is 1. The lowest BCUT2D eigenvalue weighted by Gasteiger charge is -2.41. The fourth-order valence-electron chi connectivity index (χ4n) is 3.63. The van der Waals surface area contributed by atoms with Gasteiger partial charge in [-0.2, -0.15) is 0 Å². The molecule has 1 aromatic rings. The average Bonchev–Trinajstić information content (AvgIpc) is 2.98. The van der Waals surface area contributed by atoms with Gasteiger partial charge in [0.1, 0.15) is 0 Å². The van der Waals surface area contributed by atoms with Crippen molar-refractivity contribution in [1.29, 1.82) is 0 Å². The maximum atomic E-state index is 13.0. The van der Waals surface area contributed by atoms with E-state index in [1.54, 1.807) is 11.8 Å². The summed E-state index contributed by atoms with van der Waals surface area (Å²) in [5.74, 6) is 0.270. The molecule has 2 aliphatic rings. The number of hydrogen-bond donors (Lipinski definition) is 1. The van der Waals surface area contributed by atoms with Crippen LogP contribution in [0, 0.1) is 5.41 Å². The topological polar surface area (TPSA) is 32.3 Å². The molecule has 0 saturated carbocycles. The van der Waals surface area contributed by atoms with E-state index in [0.717, 1.165) is 48.4 Å². The lowest BCUT2D eigenvalue weighted by Crippen LogP contribution is -2.49. The van der Waals surface area contributed by atoms with Crippen LogP contribution in [0.3, 0.4) is 0 Å². The Bertz CT molecular complexity index is 563. The van der Waals surface area contributed by atoms with Crippen LogP contribution in [0.15, 0.2) is 33.6 Å². The Balaban J connectivity index is 0.00000208. The van der Waals surface area contributed by atoms with Gasteiger partial charge in [-0.3, -0.25) is 4.79 Å². The Morgan fingerprint density at radius 3 is 2.38 bits per heavy atom. The summed E-state index contributed by atoms with van der Waals surface area (Å²) in [6.07, 6.45) is 3.56. The predicted molar refractivity (Wildman–Crippen MR) is 107 cm³/mol. The van der Waals surface area contributed by atoms with Crippen molar-refractivity contribution in [3.05, 3.63) is 28.7 Å². The first-order valence-corrected chi connectivity index (χ1v) is 9.96. The number of benzene rings is 1. The molecule has 2 heterocycles. The summed E-state index contributed by atoms with van der Waals surface area (Å²) in [6.45, 7) is 8.17. The van der Waals surface area contributed by atoms with Gasteiger partial charge in [-0.15, -0.1) is 24.2 Å². The van der Waals surface area contributed by atoms with Gasteiger partial charge in [0, 0.05) is 29.0 Å². The van der Waals surface area contributed by atoms with E-state index >= 15 is 0 Å². The van der Waals surface area contributed by atoms with Gasteiger partial charge in [0.2, 0.25) is 5.91 Å². The van der Waals surface area contributed by atoms with Crippen LogP contribution in [0.25, 0.3) is 0 Å². The molecule has 0 aliphatic carbocycles. The van der Waals surface area contributed by atoms with Crippen molar-refractivity contribution in [1.82, 2.24) is 10.2 Å². The van der Waals surface area contributed by atoms with Gasteiger partial charge < -0.3 is 10.2 Å². The zero-order valence-electron chi connectivity index (χ0n) is 14.3. The van der Waals surface area contributed by atoms with Crippen molar-refractivity contribution in [2.24, 2.45) is 5.41 Å². The highest BCUT2D eigenvalue weighted by Crippen LogP contribution is 2.39. The van der Waals surface area contributed by atoms with E-state index in [-0.39, 0.29) is 18.3 Å². The highest BCUT2D eigenvalue weighted by atomic mass is 79.9. The van der Waals surface area contributed by atoms with E-state index in [2.05, 4.69) is 38.3 Å². The second-order valence-corrected chi connectivity index (χ2v) is 9.90. The molecule has 1 spiro atoms. The van der Waals surface area contributed by atoms with Gasteiger partial charge in [0.15, 0.2) is 0 Å². The van der Waals surface area contributed by atoms with Gasteiger partial charge in [0.05, 0.1) is 4.75 Å². The molecule has 2 fully saturated rings. The average molecular weight is 434 g/mol. The predicted octanol–water partition coefficient (Wildman–Crippen LogP) is 4.34. The molecule has 3 rings (SSSR count). The van der Waals surface area contributed by atoms with Crippen molar-refractivity contribution < 1.29 is 4.79 Å². The molecule has 0 unspecified atom stereocenters. The molecule has 1 aromatic carbocycles. The van der Waals surface area contributed by atoms with E-state index < -0.39 is 4.75 Å². The molecular weight excluding hydrogens is 408 g/mol. The molecule has 2 aliphatic heterocycles. The number of nitrogens with zero attached hydrogens (tertiary/aromatic N) is 1. The molecule has 0 aromatic heterocycles. The quantitative estimate of drug-likeness (QED) is 0.720. The summed E-state index contributed by atoms with van der Waals surface area (Å²) in [6, 6.07) is 8.19. The van der Waals surface area contributed by atoms with Crippen molar-refractivity contribution in [3.8, 4) is 0 Å². The second kappa shape index (κ2) is 7.98. The summed E-state index contributed by atoms with van der Waals surface area (Å²) in [7, 11) is 0. The zero-order valence-corrected chi connectivity index (χ0v) is 17.5. The van der Waals surface area contributed by atoms with E-state index in [4.69, 9.17) is 0 Å². The van der Waals surface area contributed by atoms with Crippen LogP contribution in [-0.4, -0.2) is 41.7 Å². The molecule has 2 saturated heterocycles. The lowest BCUT2D eigenvalue weighted by atomic mass is 9.77. The molecule has 24 heavy (non-hydrogen) atoms. The van der Waals surface area contributed by atoms with Crippen LogP contribution in [-0.2, 0) is 4.79 Å². The second-order valence-electron chi connectivity index (χ2n) is 7.29. The van der Waals surface area contributed by atoms with Crippen molar-refractivity contribution in [2.75, 3.05) is 26.2 Å². The van der Waals surface area contributed by atoms with E-state index in [0.29, 0.717) is 5.41 Å². The number of thioether (sulfide) groups is 1. The number of piperidine rings is 1. The minimum absolute atomic E-state index is 0. The van der Waals surface area contributed by atoms with Gasteiger partial charge >= 0.3 is 0 Å². The number of rotatable bonds is 3. The lowest BCUT2D eigenvalue weighted by molar-refractivity contribution is -0.135. The number of likely N-dealkylation sites (tertiary alicyclic amines) is 1. The third-order valence-corrected chi connectivity index (χ3v) is 6.87. The Morgan fingerprint density at radius 2 is 1.83 bits per heavy atom. The first-order valence-electron chi connectivity index (χ1n) is 8.35. The molecule has 6 heteroatoms. The first-order chi connectivity index (χ1) is 10.9. The summed E-state index contributed by atoms with van der Waals surface area (Å²) >= 11 is 5.11. The van der Waals surface area contributed by atoms with Crippen LogP contribution < -0.4 is 5.32 Å². The summed E-state index contributed by atoms with van der Waals surface area (Å²) < 4.78 is 0.643. The summed E-state index contributed by atoms with van der Waals surface area (Å²) in [5, 5.41) is 3.48. The van der Waals surface area contributed by atoms with Crippen molar-refractivity contribution in [3.63, 3.8) is 0 Å². The van der Waals surface area contributed by atoms with E-state index in [9.17, 15) is 4.79 Å². The first kappa shape index (κ1) is 20.1. The minimum atomic E-state index is -0.424. The molecular formula is C18H26BrClN2OS. The number of amides is 1. The van der Waals surface area contributed by atoms with Gasteiger partial charge in [0.25, 0.3) is 0 Å². The van der Waals surface area contributed by atoms with Crippen LogP contribution in [0.5, 0.6) is 0 Å².